The van der Waals surface area contributed by atoms with Gasteiger partial charge in [0.05, 0.1) is 16.3 Å². The highest BCUT2D eigenvalue weighted by Gasteiger charge is 2.28. The van der Waals surface area contributed by atoms with E-state index in [1.165, 1.54) is 16.8 Å². The zero-order chi connectivity index (χ0) is 23.5. The molecule has 0 unspecified atom stereocenters. The molecule has 0 atom stereocenters. The van der Waals surface area contributed by atoms with Crippen LogP contribution >= 0.6 is 0 Å². The Morgan fingerprint density at radius 2 is 1.70 bits per heavy atom. The van der Waals surface area contributed by atoms with E-state index >= 15 is 0 Å². The van der Waals surface area contributed by atoms with E-state index in [1.54, 1.807) is 28.9 Å². The Morgan fingerprint density at radius 1 is 1.00 bits per heavy atom. The number of benzene rings is 2. The van der Waals surface area contributed by atoms with E-state index in [2.05, 4.69) is 15.6 Å². The SMILES string of the molecule is Cc1cccc(NC(=O)N2CCN(C(=O)c3nnn(-c4cccc([N+](=O)[O-])c4)c3C)CC2)c1. The van der Waals surface area contributed by atoms with Crippen LogP contribution in [0.25, 0.3) is 5.69 Å². The number of anilines is 1. The molecule has 1 fully saturated rings. The molecule has 33 heavy (non-hydrogen) atoms. The predicted octanol–water partition coefficient (Wildman–Crippen LogP) is 2.78. The van der Waals surface area contributed by atoms with Crippen LogP contribution in [0.3, 0.4) is 0 Å². The first-order valence-corrected chi connectivity index (χ1v) is 10.4. The number of hydrogen-bond acceptors (Lipinski definition) is 6. The van der Waals surface area contributed by atoms with Crippen molar-refractivity contribution >= 4 is 23.3 Å². The van der Waals surface area contributed by atoms with Crippen LogP contribution in [0.1, 0.15) is 21.7 Å². The maximum absolute atomic E-state index is 13.0. The van der Waals surface area contributed by atoms with Crippen molar-refractivity contribution in [3.8, 4) is 5.69 Å². The van der Waals surface area contributed by atoms with Crippen molar-refractivity contribution in [3.05, 3.63) is 75.6 Å². The van der Waals surface area contributed by atoms with Crippen molar-refractivity contribution in [2.45, 2.75) is 13.8 Å². The average molecular weight is 449 g/mol. The number of aryl methyl sites for hydroxylation is 1. The number of hydrogen-bond donors (Lipinski definition) is 1. The van der Waals surface area contributed by atoms with E-state index in [0.717, 1.165) is 11.3 Å². The molecular formula is C22H23N7O4. The molecule has 11 nitrogen and oxygen atoms in total. The van der Waals surface area contributed by atoms with E-state index in [4.69, 9.17) is 0 Å². The minimum Gasteiger partial charge on any atom is -0.334 e. The number of urea groups is 1. The molecule has 1 aromatic heterocycles. The Hall–Kier alpha value is -4.28. The minimum atomic E-state index is -0.490. The van der Waals surface area contributed by atoms with Gasteiger partial charge in [0, 0.05) is 44.0 Å². The number of aromatic nitrogens is 3. The summed E-state index contributed by atoms with van der Waals surface area (Å²) < 4.78 is 1.41. The third kappa shape index (κ3) is 4.66. The van der Waals surface area contributed by atoms with Crippen LogP contribution < -0.4 is 5.32 Å². The van der Waals surface area contributed by atoms with Crippen LogP contribution in [0.2, 0.25) is 0 Å². The van der Waals surface area contributed by atoms with Crippen LogP contribution in [0.15, 0.2) is 48.5 Å². The Morgan fingerprint density at radius 3 is 2.39 bits per heavy atom. The lowest BCUT2D eigenvalue weighted by Gasteiger charge is -2.34. The summed E-state index contributed by atoms with van der Waals surface area (Å²) in [6.07, 6.45) is 0. The van der Waals surface area contributed by atoms with Crippen molar-refractivity contribution in [2.75, 3.05) is 31.5 Å². The molecule has 4 rings (SSSR count). The number of carbonyl (C=O) groups excluding carboxylic acids is 2. The van der Waals surface area contributed by atoms with Crippen LogP contribution in [0.5, 0.6) is 0 Å². The molecule has 3 aromatic rings. The summed E-state index contributed by atoms with van der Waals surface area (Å²) >= 11 is 0. The lowest BCUT2D eigenvalue weighted by atomic mass is 10.2. The van der Waals surface area contributed by atoms with E-state index in [-0.39, 0.29) is 23.3 Å². The highest BCUT2D eigenvalue weighted by atomic mass is 16.6. The summed E-state index contributed by atoms with van der Waals surface area (Å²) in [6, 6.07) is 13.3. The number of carbonyl (C=O) groups is 2. The number of non-ortho nitro benzene ring substituents is 1. The van der Waals surface area contributed by atoms with Crippen molar-refractivity contribution in [3.63, 3.8) is 0 Å². The summed E-state index contributed by atoms with van der Waals surface area (Å²) in [5.74, 6) is -0.289. The van der Waals surface area contributed by atoms with Gasteiger partial charge in [0.2, 0.25) is 0 Å². The van der Waals surface area contributed by atoms with E-state index in [0.29, 0.717) is 37.6 Å². The summed E-state index contributed by atoms with van der Waals surface area (Å²) in [5, 5.41) is 22.0. The second-order valence-electron chi connectivity index (χ2n) is 7.79. The van der Waals surface area contributed by atoms with E-state index < -0.39 is 4.92 Å². The average Bonchev–Trinajstić information content (AvgIpc) is 3.20. The maximum atomic E-state index is 13.0. The standard InChI is InChI=1S/C22H23N7O4/c1-15-5-3-6-17(13-15)23-22(31)27-11-9-26(10-12-27)21(30)20-16(2)28(25-24-20)18-7-4-8-19(14-18)29(32)33/h3-8,13-14H,9-12H2,1-2H3,(H,23,31). The van der Waals surface area contributed by atoms with Gasteiger partial charge in [0.1, 0.15) is 0 Å². The topological polar surface area (TPSA) is 127 Å². The van der Waals surface area contributed by atoms with Crippen molar-refractivity contribution in [1.82, 2.24) is 24.8 Å². The summed E-state index contributed by atoms with van der Waals surface area (Å²) in [6.45, 7) is 5.16. The first-order chi connectivity index (χ1) is 15.8. The van der Waals surface area contributed by atoms with Crippen LogP contribution in [-0.2, 0) is 0 Å². The molecule has 3 amide bonds. The van der Waals surface area contributed by atoms with Crippen LogP contribution in [-0.4, -0.2) is 67.8 Å². The summed E-state index contributed by atoms with van der Waals surface area (Å²) in [7, 11) is 0. The highest BCUT2D eigenvalue weighted by Crippen LogP contribution is 2.19. The fourth-order valence-electron chi connectivity index (χ4n) is 3.70. The van der Waals surface area contributed by atoms with Gasteiger partial charge in [-0.25, -0.2) is 9.48 Å². The van der Waals surface area contributed by atoms with Crippen molar-refractivity contribution in [2.24, 2.45) is 0 Å². The second kappa shape index (κ2) is 9.07. The van der Waals surface area contributed by atoms with Gasteiger partial charge in [-0.1, -0.05) is 23.4 Å². The molecule has 0 aliphatic carbocycles. The Balaban J connectivity index is 1.40. The third-order valence-corrected chi connectivity index (χ3v) is 5.51. The maximum Gasteiger partial charge on any atom is 0.321 e. The molecule has 0 spiro atoms. The van der Waals surface area contributed by atoms with Crippen molar-refractivity contribution < 1.29 is 14.5 Å². The molecule has 1 saturated heterocycles. The molecule has 11 heteroatoms. The van der Waals surface area contributed by atoms with E-state index in [9.17, 15) is 19.7 Å². The lowest BCUT2D eigenvalue weighted by molar-refractivity contribution is -0.384. The Labute approximate surface area is 189 Å². The molecular weight excluding hydrogens is 426 g/mol. The number of rotatable bonds is 4. The minimum absolute atomic E-state index is 0.0738. The second-order valence-corrected chi connectivity index (χ2v) is 7.79. The smallest absolute Gasteiger partial charge is 0.321 e. The van der Waals surface area contributed by atoms with Gasteiger partial charge in [-0.05, 0) is 37.6 Å². The van der Waals surface area contributed by atoms with E-state index in [1.807, 2.05) is 31.2 Å². The number of piperazine rings is 1. The van der Waals surface area contributed by atoms with Gasteiger partial charge >= 0.3 is 6.03 Å². The first-order valence-electron chi connectivity index (χ1n) is 10.4. The number of nitrogens with one attached hydrogen (secondary N) is 1. The Kier molecular flexibility index (Phi) is 6.03. The molecule has 0 radical (unpaired) electrons. The van der Waals surface area contributed by atoms with Gasteiger partial charge in [-0.2, -0.15) is 0 Å². The van der Waals surface area contributed by atoms with Gasteiger partial charge in [0.15, 0.2) is 5.69 Å². The number of nitro groups is 1. The molecule has 2 aromatic carbocycles. The molecule has 2 heterocycles. The molecule has 170 valence electrons. The fourth-order valence-corrected chi connectivity index (χ4v) is 3.70. The first kappa shape index (κ1) is 21.9. The number of amides is 3. The van der Waals surface area contributed by atoms with Gasteiger partial charge in [-0.3, -0.25) is 14.9 Å². The monoisotopic (exact) mass is 449 g/mol. The van der Waals surface area contributed by atoms with Crippen LogP contribution in [0, 0.1) is 24.0 Å². The van der Waals surface area contributed by atoms with Gasteiger partial charge in [-0.15, -0.1) is 5.10 Å². The Bertz CT molecular complexity index is 1210. The zero-order valence-corrected chi connectivity index (χ0v) is 18.3. The molecule has 0 saturated carbocycles. The predicted molar refractivity (Wildman–Crippen MR) is 120 cm³/mol. The number of nitrogens with zero attached hydrogens (tertiary/aromatic N) is 6. The summed E-state index contributed by atoms with van der Waals surface area (Å²) in [5.41, 5.74) is 2.82. The number of nitro benzene ring substituents is 1. The van der Waals surface area contributed by atoms with Gasteiger partial charge < -0.3 is 15.1 Å². The fraction of sp³-hybridized carbons (Fsp3) is 0.273. The summed E-state index contributed by atoms with van der Waals surface area (Å²) in [4.78, 5) is 39.4. The normalized spacial score (nSPS) is 13.6. The molecule has 0 bridgehead atoms. The largest absolute Gasteiger partial charge is 0.334 e. The zero-order valence-electron chi connectivity index (χ0n) is 18.3. The van der Waals surface area contributed by atoms with Crippen molar-refractivity contribution in [1.29, 1.82) is 0 Å². The molecule has 1 aliphatic heterocycles. The molecule has 1 aliphatic rings. The third-order valence-electron chi connectivity index (χ3n) is 5.51. The van der Waals surface area contributed by atoms with Gasteiger partial charge in [0.25, 0.3) is 11.6 Å². The molecule has 1 N–H and O–H groups in total. The quantitative estimate of drug-likeness (QED) is 0.482. The lowest BCUT2D eigenvalue weighted by Crippen LogP contribution is -2.51. The highest BCUT2D eigenvalue weighted by molar-refractivity contribution is 5.94. The van der Waals surface area contributed by atoms with Crippen LogP contribution in [0.4, 0.5) is 16.2 Å².